The molecule has 19 heavy (non-hydrogen) atoms. The Hall–Kier alpha value is -1.35. The highest BCUT2D eigenvalue weighted by Crippen LogP contribution is 2.32. The Kier molecular flexibility index (Phi) is 3.95. The number of hydrogen-bond donors (Lipinski definition) is 3. The lowest BCUT2D eigenvalue weighted by molar-refractivity contribution is 0.579. The van der Waals surface area contributed by atoms with Crippen molar-refractivity contribution in [3.63, 3.8) is 0 Å². The van der Waals surface area contributed by atoms with E-state index in [1.807, 2.05) is 0 Å². The molecule has 0 unspecified atom stereocenters. The molecule has 0 aliphatic carbocycles. The SMILES string of the molecule is Nc1c(Cl)ccc(S(=O)(=O)NCc2ncn[nH]2)c1Cl. The van der Waals surface area contributed by atoms with Gasteiger partial charge in [-0.3, -0.25) is 5.10 Å². The highest BCUT2D eigenvalue weighted by molar-refractivity contribution is 7.89. The summed E-state index contributed by atoms with van der Waals surface area (Å²) in [5.74, 6) is 0.377. The molecule has 2 rings (SSSR count). The van der Waals surface area contributed by atoms with Gasteiger partial charge in [-0.2, -0.15) is 5.10 Å². The van der Waals surface area contributed by atoms with Crippen LogP contribution in [0.4, 0.5) is 5.69 Å². The van der Waals surface area contributed by atoms with Crippen LogP contribution < -0.4 is 10.5 Å². The molecule has 0 spiro atoms. The zero-order valence-corrected chi connectivity index (χ0v) is 11.7. The van der Waals surface area contributed by atoms with Gasteiger partial charge < -0.3 is 5.73 Å². The van der Waals surface area contributed by atoms with Gasteiger partial charge in [0.2, 0.25) is 10.0 Å². The third-order valence-corrected chi connectivity index (χ3v) is 4.57. The highest BCUT2D eigenvalue weighted by atomic mass is 35.5. The maximum absolute atomic E-state index is 12.1. The third kappa shape index (κ3) is 2.98. The van der Waals surface area contributed by atoms with Crippen LogP contribution in [-0.4, -0.2) is 23.6 Å². The van der Waals surface area contributed by atoms with Gasteiger partial charge in [0.1, 0.15) is 17.0 Å². The molecule has 0 saturated heterocycles. The number of H-pyrrole nitrogens is 1. The van der Waals surface area contributed by atoms with Crippen LogP contribution in [0.15, 0.2) is 23.4 Å². The number of anilines is 1. The lowest BCUT2D eigenvalue weighted by Crippen LogP contribution is -2.24. The number of nitrogens with one attached hydrogen (secondary N) is 2. The van der Waals surface area contributed by atoms with Crippen LogP contribution in [0, 0.1) is 0 Å². The van der Waals surface area contributed by atoms with Gasteiger partial charge in [-0.05, 0) is 12.1 Å². The average Bonchev–Trinajstić information content (AvgIpc) is 2.86. The summed E-state index contributed by atoms with van der Waals surface area (Å²) in [4.78, 5) is 3.65. The van der Waals surface area contributed by atoms with E-state index in [9.17, 15) is 8.42 Å². The minimum atomic E-state index is -3.81. The molecule has 0 atom stereocenters. The molecule has 0 radical (unpaired) electrons. The molecule has 0 aliphatic rings. The summed E-state index contributed by atoms with van der Waals surface area (Å²) in [6.07, 6.45) is 1.27. The summed E-state index contributed by atoms with van der Waals surface area (Å²) in [5, 5.41) is 6.21. The van der Waals surface area contributed by atoms with Crippen LogP contribution in [-0.2, 0) is 16.6 Å². The van der Waals surface area contributed by atoms with Crippen LogP contribution in [0.25, 0.3) is 0 Å². The molecular formula is C9H9Cl2N5O2S. The van der Waals surface area contributed by atoms with E-state index in [2.05, 4.69) is 19.9 Å². The predicted octanol–water partition coefficient (Wildman–Crippen LogP) is 1.17. The van der Waals surface area contributed by atoms with Gasteiger partial charge in [0.25, 0.3) is 0 Å². The van der Waals surface area contributed by atoms with Gasteiger partial charge in [0.15, 0.2) is 0 Å². The average molecular weight is 322 g/mol. The molecule has 102 valence electrons. The monoisotopic (exact) mass is 321 g/mol. The summed E-state index contributed by atoms with van der Waals surface area (Å²) < 4.78 is 26.4. The molecule has 0 amide bonds. The number of nitrogens with zero attached hydrogens (tertiary/aromatic N) is 2. The smallest absolute Gasteiger partial charge is 0.242 e. The first-order chi connectivity index (χ1) is 8.92. The van der Waals surface area contributed by atoms with E-state index in [0.717, 1.165) is 0 Å². The van der Waals surface area contributed by atoms with Crippen LogP contribution in [0.1, 0.15) is 5.82 Å². The van der Waals surface area contributed by atoms with Gasteiger partial charge in [-0.1, -0.05) is 23.2 Å². The van der Waals surface area contributed by atoms with Gasteiger partial charge >= 0.3 is 0 Å². The number of nitrogens with two attached hydrogens (primary N) is 1. The van der Waals surface area contributed by atoms with Crippen molar-refractivity contribution in [2.24, 2.45) is 0 Å². The number of nitrogen functional groups attached to an aromatic ring is 1. The Morgan fingerprint density at radius 1 is 1.37 bits per heavy atom. The van der Waals surface area contributed by atoms with E-state index in [1.165, 1.54) is 18.5 Å². The van der Waals surface area contributed by atoms with E-state index in [1.54, 1.807) is 0 Å². The number of aromatic amines is 1. The molecule has 2 aromatic rings. The first kappa shape index (κ1) is 14.1. The molecule has 0 fully saturated rings. The largest absolute Gasteiger partial charge is 0.396 e. The predicted molar refractivity (Wildman–Crippen MR) is 71.3 cm³/mol. The zero-order chi connectivity index (χ0) is 14.0. The van der Waals surface area contributed by atoms with Gasteiger partial charge in [0.05, 0.1) is 22.3 Å². The Bertz CT molecular complexity index is 687. The van der Waals surface area contributed by atoms with Crippen molar-refractivity contribution in [3.05, 3.63) is 34.3 Å². The Morgan fingerprint density at radius 2 is 2.11 bits per heavy atom. The molecule has 1 aromatic carbocycles. The molecule has 1 aromatic heterocycles. The molecule has 4 N–H and O–H groups in total. The van der Waals surface area contributed by atoms with Gasteiger partial charge in [-0.15, -0.1) is 0 Å². The topological polar surface area (TPSA) is 114 Å². The first-order valence-electron chi connectivity index (χ1n) is 4.99. The summed E-state index contributed by atoms with van der Waals surface area (Å²) in [7, 11) is -3.81. The van der Waals surface area contributed by atoms with Crippen molar-refractivity contribution in [2.75, 3.05) is 5.73 Å². The molecule has 1 heterocycles. The Labute approximate surface area is 119 Å². The van der Waals surface area contributed by atoms with Crippen LogP contribution >= 0.6 is 23.2 Å². The Balaban J connectivity index is 2.27. The maximum atomic E-state index is 12.1. The first-order valence-corrected chi connectivity index (χ1v) is 7.23. The number of rotatable bonds is 4. The summed E-state index contributed by atoms with van der Waals surface area (Å²) in [6, 6.07) is 2.65. The van der Waals surface area contributed by atoms with Crippen molar-refractivity contribution in [2.45, 2.75) is 11.4 Å². The van der Waals surface area contributed by atoms with Crippen LogP contribution in [0.3, 0.4) is 0 Å². The second-order valence-electron chi connectivity index (χ2n) is 3.53. The lowest BCUT2D eigenvalue weighted by atomic mass is 10.3. The quantitative estimate of drug-likeness (QED) is 0.731. The van der Waals surface area contributed by atoms with Crippen molar-refractivity contribution in [3.8, 4) is 0 Å². The van der Waals surface area contributed by atoms with Crippen molar-refractivity contribution in [1.29, 1.82) is 0 Å². The maximum Gasteiger partial charge on any atom is 0.242 e. The molecule has 10 heteroatoms. The van der Waals surface area contributed by atoms with Crippen LogP contribution in [0.2, 0.25) is 10.0 Å². The van der Waals surface area contributed by atoms with E-state index in [-0.39, 0.29) is 27.2 Å². The molecule has 0 saturated carbocycles. The number of benzene rings is 1. The zero-order valence-electron chi connectivity index (χ0n) is 9.39. The van der Waals surface area contributed by atoms with Crippen molar-refractivity contribution >= 4 is 38.9 Å². The fraction of sp³-hybridized carbons (Fsp3) is 0.111. The molecule has 7 nitrogen and oxygen atoms in total. The van der Waals surface area contributed by atoms with Gasteiger partial charge in [-0.25, -0.2) is 18.1 Å². The number of hydrogen-bond acceptors (Lipinski definition) is 5. The molecule has 0 aliphatic heterocycles. The summed E-state index contributed by atoms with van der Waals surface area (Å²) in [5.41, 5.74) is 5.60. The van der Waals surface area contributed by atoms with E-state index < -0.39 is 10.0 Å². The van der Waals surface area contributed by atoms with Crippen molar-refractivity contribution in [1.82, 2.24) is 19.9 Å². The van der Waals surface area contributed by atoms with E-state index >= 15 is 0 Å². The minimum absolute atomic E-state index is 0.0193. The summed E-state index contributed by atoms with van der Waals surface area (Å²) >= 11 is 11.6. The highest BCUT2D eigenvalue weighted by Gasteiger charge is 2.20. The number of sulfonamides is 1. The summed E-state index contributed by atoms with van der Waals surface area (Å²) in [6.45, 7) is -0.0405. The fourth-order valence-corrected chi connectivity index (χ4v) is 3.06. The second kappa shape index (κ2) is 5.33. The van der Waals surface area contributed by atoms with E-state index in [0.29, 0.717) is 5.82 Å². The van der Waals surface area contributed by atoms with E-state index in [4.69, 9.17) is 28.9 Å². The Morgan fingerprint density at radius 3 is 2.74 bits per heavy atom. The second-order valence-corrected chi connectivity index (χ2v) is 6.05. The normalized spacial score (nSPS) is 11.7. The lowest BCUT2D eigenvalue weighted by Gasteiger charge is -2.09. The van der Waals surface area contributed by atoms with Gasteiger partial charge in [0, 0.05) is 0 Å². The van der Waals surface area contributed by atoms with Crippen molar-refractivity contribution < 1.29 is 8.42 Å². The minimum Gasteiger partial charge on any atom is -0.396 e. The number of aromatic nitrogens is 3. The standard InChI is InChI=1S/C9H9Cl2N5O2S/c10-5-1-2-6(8(11)9(5)12)19(17,18)15-3-7-13-4-14-16-7/h1-2,4,15H,3,12H2,(H,13,14,16). The molecule has 0 bridgehead atoms. The third-order valence-electron chi connectivity index (χ3n) is 2.28. The number of halogens is 2. The fourth-order valence-electron chi connectivity index (χ4n) is 1.31. The van der Waals surface area contributed by atoms with Crippen LogP contribution in [0.5, 0.6) is 0 Å². The molecular weight excluding hydrogens is 313 g/mol.